The average Bonchev–Trinajstić information content (AvgIpc) is 3.12. The van der Waals surface area contributed by atoms with Crippen molar-refractivity contribution in [3.8, 4) is 23.0 Å². The Hall–Kier alpha value is -2.73. The fourth-order valence-corrected chi connectivity index (χ4v) is 3.94. The van der Waals surface area contributed by atoms with E-state index in [4.69, 9.17) is 14.2 Å². The van der Waals surface area contributed by atoms with Crippen LogP contribution in [0.4, 0.5) is 0 Å². The number of nitrogens with zero attached hydrogens (tertiary/aromatic N) is 1. The summed E-state index contributed by atoms with van der Waals surface area (Å²) in [6, 6.07) is 6.93. The largest absolute Gasteiger partial charge is 0.507 e. The van der Waals surface area contributed by atoms with Gasteiger partial charge in [0.25, 0.3) is 0 Å². The topological polar surface area (TPSA) is 68.2 Å². The molecule has 0 saturated heterocycles. The van der Waals surface area contributed by atoms with Crippen LogP contribution < -0.4 is 14.2 Å². The number of hydrogen-bond donors (Lipinski definition) is 1. The summed E-state index contributed by atoms with van der Waals surface area (Å²) in [4.78, 5) is 15.1. The van der Waals surface area contributed by atoms with Gasteiger partial charge >= 0.3 is 0 Å². The van der Waals surface area contributed by atoms with Gasteiger partial charge in [-0.05, 0) is 44.2 Å². The number of rotatable bonds is 4. The number of phenolic OH excluding ortho intramolecular Hbond substituents is 1. The first-order chi connectivity index (χ1) is 13.0. The molecule has 0 saturated carbocycles. The molecule has 4 rings (SSSR count). The second-order valence-electron chi connectivity index (χ2n) is 7.11. The van der Waals surface area contributed by atoms with Crippen LogP contribution >= 0.6 is 0 Å². The van der Waals surface area contributed by atoms with Crippen LogP contribution in [0.15, 0.2) is 24.3 Å². The molecule has 0 aromatic heterocycles. The second-order valence-corrected chi connectivity index (χ2v) is 7.11. The standard InChI is InChI=1S/C21H23NO5/c1-12-4-5-16(23)14(8-12)17(24)10-15-19-13(6-7-22(15)2)9-18-20(21(19)25-3)27-11-26-18/h4-5,8-9,15,23H,6-7,10-11H2,1-3H3/t15-/m0/s1. The van der Waals surface area contributed by atoms with E-state index in [0.29, 0.717) is 22.8 Å². The number of carbonyl (C=O) groups excluding carboxylic acids is 1. The lowest BCUT2D eigenvalue weighted by molar-refractivity contribution is 0.0923. The minimum atomic E-state index is -0.161. The van der Waals surface area contributed by atoms with Gasteiger partial charge in [0.05, 0.1) is 12.7 Å². The van der Waals surface area contributed by atoms with Crippen molar-refractivity contribution in [2.45, 2.75) is 25.8 Å². The number of ether oxygens (including phenoxy) is 3. The molecule has 2 aliphatic heterocycles. The van der Waals surface area contributed by atoms with Crippen molar-refractivity contribution in [1.82, 2.24) is 4.90 Å². The number of fused-ring (bicyclic) bond motifs is 2. The predicted molar refractivity (Wildman–Crippen MR) is 100.0 cm³/mol. The summed E-state index contributed by atoms with van der Waals surface area (Å²) in [5, 5.41) is 10.1. The Balaban J connectivity index is 1.74. The number of phenols is 1. The van der Waals surface area contributed by atoms with Crippen molar-refractivity contribution < 1.29 is 24.1 Å². The molecule has 142 valence electrons. The summed E-state index contributed by atoms with van der Waals surface area (Å²) in [6.07, 6.45) is 1.09. The number of likely N-dealkylation sites (N-methyl/N-ethyl adjacent to an activating group) is 1. The number of aromatic hydroxyl groups is 1. The zero-order valence-electron chi connectivity index (χ0n) is 15.7. The summed E-state index contributed by atoms with van der Waals surface area (Å²) in [6.45, 7) is 2.90. The van der Waals surface area contributed by atoms with E-state index < -0.39 is 0 Å². The Morgan fingerprint density at radius 1 is 1.33 bits per heavy atom. The third-order valence-electron chi connectivity index (χ3n) is 5.38. The molecule has 2 aliphatic rings. The van der Waals surface area contributed by atoms with Crippen molar-refractivity contribution in [1.29, 1.82) is 0 Å². The maximum Gasteiger partial charge on any atom is 0.231 e. The molecule has 6 heteroatoms. The lowest BCUT2D eigenvalue weighted by atomic mass is 9.87. The lowest BCUT2D eigenvalue weighted by Gasteiger charge is -2.35. The van der Waals surface area contributed by atoms with Gasteiger partial charge in [0.1, 0.15) is 5.75 Å². The van der Waals surface area contributed by atoms with Crippen LogP contribution in [0.5, 0.6) is 23.0 Å². The molecule has 2 heterocycles. The first-order valence-electron chi connectivity index (χ1n) is 9.02. The molecule has 1 N–H and O–H groups in total. The summed E-state index contributed by atoms with van der Waals surface area (Å²) >= 11 is 0. The van der Waals surface area contributed by atoms with E-state index in [0.717, 1.165) is 29.7 Å². The van der Waals surface area contributed by atoms with Gasteiger partial charge < -0.3 is 19.3 Å². The van der Waals surface area contributed by atoms with Crippen molar-refractivity contribution in [2.75, 3.05) is 27.5 Å². The van der Waals surface area contributed by atoms with E-state index in [9.17, 15) is 9.90 Å². The van der Waals surface area contributed by atoms with Crippen molar-refractivity contribution in [3.63, 3.8) is 0 Å². The van der Waals surface area contributed by atoms with Gasteiger partial charge in [-0.2, -0.15) is 0 Å². The van der Waals surface area contributed by atoms with Gasteiger partial charge in [0.2, 0.25) is 12.5 Å². The molecule has 2 aromatic rings. The number of aryl methyl sites for hydroxylation is 1. The van der Waals surface area contributed by atoms with E-state index in [-0.39, 0.29) is 30.8 Å². The Morgan fingerprint density at radius 3 is 2.93 bits per heavy atom. The summed E-state index contributed by atoms with van der Waals surface area (Å²) < 4.78 is 16.8. The van der Waals surface area contributed by atoms with Crippen molar-refractivity contribution >= 4 is 5.78 Å². The van der Waals surface area contributed by atoms with Crippen LogP contribution in [0.25, 0.3) is 0 Å². The van der Waals surface area contributed by atoms with E-state index in [1.54, 1.807) is 25.3 Å². The molecule has 27 heavy (non-hydrogen) atoms. The third kappa shape index (κ3) is 3.00. The minimum Gasteiger partial charge on any atom is -0.507 e. The van der Waals surface area contributed by atoms with E-state index in [1.807, 2.05) is 20.0 Å². The van der Waals surface area contributed by atoms with Gasteiger partial charge in [-0.1, -0.05) is 11.6 Å². The van der Waals surface area contributed by atoms with Gasteiger partial charge in [-0.25, -0.2) is 0 Å². The zero-order valence-corrected chi connectivity index (χ0v) is 15.7. The third-order valence-corrected chi connectivity index (χ3v) is 5.38. The number of methoxy groups -OCH3 is 1. The molecule has 0 unspecified atom stereocenters. The Kier molecular flexibility index (Phi) is 4.44. The maximum atomic E-state index is 13.0. The molecule has 0 amide bonds. The number of carbonyl (C=O) groups is 1. The Labute approximate surface area is 158 Å². The van der Waals surface area contributed by atoms with Gasteiger partial charge in [-0.15, -0.1) is 0 Å². The molecule has 0 radical (unpaired) electrons. The number of Topliss-reactive ketones (excluding diaryl/α,β-unsaturated/α-hetero) is 1. The quantitative estimate of drug-likeness (QED) is 0.835. The molecule has 6 nitrogen and oxygen atoms in total. The normalized spacial score (nSPS) is 18.3. The highest BCUT2D eigenvalue weighted by Crippen LogP contribution is 2.50. The van der Waals surface area contributed by atoms with E-state index >= 15 is 0 Å². The van der Waals surface area contributed by atoms with Gasteiger partial charge in [0.15, 0.2) is 17.3 Å². The molecular formula is C21H23NO5. The van der Waals surface area contributed by atoms with Crippen molar-refractivity contribution in [3.05, 3.63) is 46.5 Å². The average molecular weight is 369 g/mol. The van der Waals surface area contributed by atoms with E-state index in [2.05, 4.69) is 4.90 Å². The molecule has 0 spiro atoms. The van der Waals surface area contributed by atoms with Gasteiger partial charge in [-0.3, -0.25) is 9.69 Å². The molecule has 0 bridgehead atoms. The second kappa shape index (κ2) is 6.78. The first-order valence-corrected chi connectivity index (χ1v) is 9.02. The van der Waals surface area contributed by atoms with Crippen LogP contribution in [-0.2, 0) is 6.42 Å². The van der Waals surface area contributed by atoms with Crippen LogP contribution in [0.3, 0.4) is 0 Å². The Bertz CT molecular complexity index is 908. The highest BCUT2D eigenvalue weighted by Gasteiger charge is 2.35. The smallest absolute Gasteiger partial charge is 0.231 e. The minimum absolute atomic E-state index is 0.0157. The predicted octanol–water partition coefficient (Wildman–Crippen LogP) is 3.24. The number of hydrogen-bond acceptors (Lipinski definition) is 6. The van der Waals surface area contributed by atoms with Crippen molar-refractivity contribution in [2.24, 2.45) is 0 Å². The van der Waals surface area contributed by atoms with Gasteiger partial charge in [0, 0.05) is 24.6 Å². The number of ketones is 1. The summed E-state index contributed by atoms with van der Waals surface area (Å²) in [5.41, 5.74) is 3.38. The van der Waals surface area contributed by atoms with Crippen LogP contribution in [-0.4, -0.2) is 43.3 Å². The highest BCUT2D eigenvalue weighted by molar-refractivity contribution is 5.99. The van der Waals surface area contributed by atoms with Crippen LogP contribution in [0.2, 0.25) is 0 Å². The molecule has 0 aliphatic carbocycles. The Morgan fingerprint density at radius 2 is 2.15 bits per heavy atom. The summed E-state index contributed by atoms with van der Waals surface area (Å²) in [7, 11) is 3.61. The highest BCUT2D eigenvalue weighted by atomic mass is 16.7. The molecule has 0 fully saturated rings. The number of benzene rings is 2. The fraction of sp³-hybridized carbons (Fsp3) is 0.381. The molecule has 2 aromatic carbocycles. The zero-order chi connectivity index (χ0) is 19.1. The summed E-state index contributed by atoms with van der Waals surface area (Å²) in [5.74, 6) is 1.85. The van der Waals surface area contributed by atoms with Crippen LogP contribution in [0.1, 0.15) is 39.5 Å². The van der Waals surface area contributed by atoms with E-state index in [1.165, 1.54) is 0 Å². The fourth-order valence-electron chi connectivity index (χ4n) is 3.94. The SMILES string of the molecule is COc1c2c(cc3c1[C@H](CC(=O)c1cc(C)ccc1O)N(C)CC3)OCO2. The lowest BCUT2D eigenvalue weighted by Crippen LogP contribution is -2.34. The first kappa shape index (κ1) is 17.7. The maximum absolute atomic E-state index is 13.0. The molecular weight excluding hydrogens is 346 g/mol. The van der Waals surface area contributed by atoms with Crippen LogP contribution in [0, 0.1) is 6.92 Å². The molecule has 1 atom stereocenters. The monoisotopic (exact) mass is 369 g/mol.